The Balaban J connectivity index is 1.47. The number of rotatable bonds is 4. The summed E-state index contributed by atoms with van der Waals surface area (Å²) in [7, 11) is 0. The lowest BCUT2D eigenvalue weighted by Crippen LogP contribution is -2.48. The molecule has 0 saturated carbocycles. The number of fused-ring (bicyclic) bond motifs is 3. The van der Waals surface area contributed by atoms with E-state index in [1.165, 1.54) is 12.4 Å². The van der Waals surface area contributed by atoms with Crippen LogP contribution in [0.3, 0.4) is 0 Å². The zero-order valence-electron chi connectivity index (χ0n) is 15.9. The van der Waals surface area contributed by atoms with Crippen molar-refractivity contribution >= 4 is 50.2 Å². The standard InChI is InChI=1S/C21H18BrFN6O/c1-2-18(30)29-10-12-8-13(29)9-28(12)17-7-6-16-20(27-17)21(25-11-24-16)26-15-5-3-4-14(22)19(15)23/h2-7,11-13H,1,8-10H2,(H,24,25,26)/t12-,13-/m0/s1. The van der Waals surface area contributed by atoms with E-state index in [1.807, 2.05) is 17.0 Å². The Morgan fingerprint density at radius 1 is 1.23 bits per heavy atom. The van der Waals surface area contributed by atoms with Gasteiger partial charge in [0.1, 0.15) is 17.7 Å². The predicted octanol–water partition coefficient (Wildman–Crippen LogP) is 3.65. The maximum absolute atomic E-state index is 14.4. The SMILES string of the molecule is C=CC(=O)N1C[C@@H]2C[C@H]1CN2c1ccc2ncnc(Nc3cccc(Br)c3F)c2n1. The van der Waals surface area contributed by atoms with E-state index in [4.69, 9.17) is 4.98 Å². The number of likely N-dealkylation sites (tertiary alicyclic amines) is 1. The van der Waals surface area contributed by atoms with Crippen LogP contribution in [-0.2, 0) is 4.79 Å². The zero-order chi connectivity index (χ0) is 20.8. The second kappa shape index (κ2) is 7.32. The maximum Gasteiger partial charge on any atom is 0.246 e. The number of hydrogen-bond acceptors (Lipinski definition) is 6. The summed E-state index contributed by atoms with van der Waals surface area (Å²) >= 11 is 3.20. The van der Waals surface area contributed by atoms with Crippen molar-refractivity contribution in [1.82, 2.24) is 19.9 Å². The zero-order valence-corrected chi connectivity index (χ0v) is 17.5. The molecular formula is C21H18BrFN6O. The molecule has 4 heterocycles. The third-order valence-electron chi connectivity index (χ3n) is 5.66. The highest BCUT2D eigenvalue weighted by Gasteiger charge is 2.45. The minimum atomic E-state index is -0.399. The second-order valence-electron chi connectivity index (χ2n) is 7.38. The highest BCUT2D eigenvalue weighted by Crippen LogP contribution is 2.35. The molecule has 1 amide bonds. The Hall–Kier alpha value is -3.07. The molecule has 2 atom stereocenters. The minimum absolute atomic E-state index is 0.0236. The van der Waals surface area contributed by atoms with Crippen molar-refractivity contribution in [3.8, 4) is 0 Å². The molecular weight excluding hydrogens is 451 g/mol. The van der Waals surface area contributed by atoms with E-state index in [-0.39, 0.29) is 18.0 Å². The molecule has 9 heteroatoms. The van der Waals surface area contributed by atoms with Crippen molar-refractivity contribution in [2.75, 3.05) is 23.3 Å². The second-order valence-corrected chi connectivity index (χ2v) is 8.23. The van der Waals surface area contributed by atoms with Gasteiger partial charge in [-0.15, -0.1) is 0 Å². The van der Waals surface area contributed by atoms with Crippen LogP contribution < -0.4 is 10.2 Å². The van der Waals surface area contributed by atoms with Gasteiger partial charge in [0.15, 0.2) is 11.6 Å². The van der Waals surface area contributed by atoms with Gasteiger partial charge in [-0.3, -0.25) is 4.79 Å². The number of piperazine rings is 1. The lowest BCUT2D eigenvalue weighted by molar-refractivity contribution is -0.127. The average molecular weight is 469 g/mol. The molecule has 7 nitrogen and oxygen atoms in total. The van der Waals surface area contributed by atoms with Crippen LogP contribution >= 0.6 is 15.9 Å². The molecule has 152 valence electrons. The lowest BCUT2D eigenvalue weighted by atomic mass is 10.2. The molecule has 2 fully saturated rings. The number of carbonyl (C=O) groups excluding carboxylic acids is 1. The first-order valence-electron chi connectivity index (χ1n) is 9.57. The Morgan fingerprint density at radius 3 is 2.87 bits per heavy atom. The van der Waals surface area contributed by atoms with Crippen LogP contribution in [-0.4, -0.2) is 50.9 Å². The molecule has 0 aliphatic carbocycles. The van der Waals surface area contributed by atoms with Gasteiger partial charge < -0.3 is 15.1 Å². The fourth-order valence-corrected chi connectivity index (χ4v) is 4.61. The molecule has 0 unspecified atom stereocenters. The smallest absolute Gasteiger partial charge is 0.246 e. The first kappa shape index (κ1) is 18.9. The van der Waals surface area contributed by atoms with Crippen LogP contribution in [0, 0.1) is 5.82 Å². The molecule has 3 aromatic rings. The van der Waals surface area contributed by atoms with Gasteiger partial charge in [0.25, 0.3) is 0 Å². The molecule has 30 heavy (non-hydrogen) atoms. The Kier molecular flexibility index (Phi) is 4.62. The van der Waals surface area contributed by atoms with Crippen molar-refractivity contribution in [2.45, 2.75) is 18.5 Å². The minimum Gasteiger partial charge on any atom is -0.350 e. The largest absolute Gasteiger partial charge is 0.350 e. The van der Waals surface area contributed by atoms with Crippen LogP contribution in [0.15, 0.2) is 53.8 Å². The number of nitrogens with zero attached hydrogens (tertiary/aromatic N) is 5. The summed E-state index contributed by atoms with van der Waals surface area (Å²) in [4.78, 5) is 29.5. The van der Waals surface area contributed by atoms with E-state index in [2.05, 4.69) is 42.7 Å². The number of aromatic nitrogens is 3. The first-order valence-corrected chi connectivity index (χ1v) is 10.4. The van der Waals surface area contributed by atoms with Gasteiger partial charge in [0, 0.05) is 13.1 Å². The van der Waals surface area contributed by atoms with Crippen molar-refractivity contribution in [3.05, 3.63) is 59.6 Å². The first-order chi connectivity index (χ1) is 14.5. The van der Waals surface area contributed by atoms with E-state index in [1.54, 1.807) is 18.2 Å². The van der Waals surface area contributed by atoms with Crippen molar-refractivity contribution in [1.29, 1.82) is 0 Å². The van der Waals surface area contributed by atoms with Gasteiger partial charge in [-0.05, 0) is 52.7 Å². The van der Waals surface area contributed by atoms with Gasteiger partial charge in [-0.25, -0.2) is 19.3 Å². The Morgan fingerprint density at radius 2 is 2.10 bits per heavy atom. The molecule has 0 radical (unpaired) electrons. The molecule has 5 rings (SSSR count). The van der Waals surface area contributed by atoms with Crippen LogP contribution in [0.5, 0.6) is 0 Å². The van der Waals surface area contributed by atoms with E-state index in [9.17, 15) is 9.18 Å². The lowest BCUT2D eigenvalue weighted by Gasteiger charge is -2.34. The quantitative estimate of drug-likeness (QED) is 0.589. The van der Waals surface area contributed by atoms with Crippen molar-refractivity contribution in [2.24, 2.45) is 0 Å². The molecule has 2 aliphatic heterocycles. The van der Waals surface area contributed by atoms with E-state index >= 15 is 0 Å². The number of anilines is 3. The summed E-state index contributed by atoms with van der Waals surface area (Å²) < 4.78 is 14.8. The van der Waals surface area contributed by atoms with Crippen LogP contribution in [0.25, 0.3) is 11.0 Å². The summed E-state index contributed by atoms with van der Waals surface area (Å²) in [5, 5.41) is 3.04. The summed E-state index contributed by atoms with van der Waals surface area (Å²) in [5.74, 6) is 0.814. The number of hydrogen-bond donors (Lipinski definition) is 1. The maximum atomic E-state index is 14.4. The van der Waals surface area contributed by atoms with Gasteiger partial charge in [-0.2, -0.15) is 0 Å². The molecule has 0 spiro atoms. The third kappa shape index (κ3) is 3.09. The summed E-state index contributed by atoms with van der Waals surface area (Å²) in [6.07, 6.45) is 3.72. The van der Waals surface area contributed by atoms with E-state index in [0.29, 0.717) is 33.6 Å². The monoisotopic (exact) mass is 468 g/mol. The number of amides is 1. The van der Waals surface area contributed by atoms with Gasteiger partial charge in [0.05, 0.1) is 27.8 Å². The fourth-order valence-electron chi connectivity index (χ4n) is 4.24. The van der Waals surface area contributed by atoms with Gasteiger partial charge >= 0.3 is 0 Å². The van der Waals surface area contributed by atoms with Crippen molar-refractivity contribution in [3.63, 3.8) is 0 Å². The van der Waals surface area contributed by atoms with E-state index < -0.39 is 5.82 Å². The molecule has 2 bridgehead atoms. The molecule has 2 aromatic heterocycles. The van der Waals surface area contributed by atoms with Crippen LogP contribution in [0.2, 0.25) is 0 Å². The van der Waals surface area contributed by atoms with Crippen LogP contribution in [0.1, 0.15) is 6.42 Å². The average Bonchev–Trinajstić information content (AvgIpc) is 3.37. The normalized spacial score (nSPS) is 20.1. The number of pyridine rings is 1. The Bertz CT molecular complexity index is 1170. The van der Waals surface area contributed by atoms with Gasteiger partial charge in [-0.1, -0.05) is 12.6 Å². The molecule has 2 aliphatic rings. The van der Waals surface area contributed by atoms with Crippen molar-refractivity contribution < 1.29 is 9.18 Å². The van der Waals surface area contributed by atoms with E-state index in [0.717, 1.165) is 18.8 Å². The fraction of sp³-hybridized carbons (Fsp3) is 0.238. The van der Waals surface area contributed by atoms with Gasteiger partial charge in [0.2, 0.25) is 5.91 Å². The Labute approximate surface area is 180 Å². The summed E-state index contributed by atoms with van der Waals surface area (Å²) in [6.45, 7) is 4.97. The summed E-state index contributed by atoms with van der Waals surface area (Å²) in [5.41, 5.74) is 1.53. The molecule has 1 aromatic carbocycles. The topological polar surface area (TPSA) is 74.2 Å². The number of nitrogens with one attached hydrogen (secondary N) is 1. The predicted molar refractivity (Wildman–Crippen MR) is 116 cm³/mol. The van der Waals surface area contributed by atoms with Crippen LogP contribution in [0.4, 0.5) is 21.7 Å². The number of halogens is 2. The highest BCUT2D eigenvalue weighted by atomic mass is 79.9. The number of benzene rings is 1. The highest BCUT2D eigenvalue weighted by molar-refractivity contribution is 9.10. The third-order valence-corrected chi connectivity index (χ3v) is 6.28. The molecule has 2 saturated heterocycles. The summed E-state index contributed by atoms with van der Waals surface area (Å²) in [6, 6.07) is 9.22. The number of carbonyl (C=O) groups is 1. The molecule has 1 N–H and O–H groups in total.